The molecule has 2 aromatic carbocycles. The molecular formula is C35H41F2N5O4. The SMILES string of the molecule is CCCN(CCC)C(=O)c1cc(C(=O)N[C@@H](Cc2cc(F)cc(F)c2)[C@H](O)CNCc2cccc(CC)n2)cc(-c2ncco2)c1. The highest BCUT2D eigenvalue weighted by molar-refractivity contribution is 6.01. The maximum Gasteiger partial charge on any atom is 0.253 e. The number of nitrogens with one attached hydrogen (secondary N) is 2. The van der Waals surface area contributed by atoms with Crippen LogP contribution in [0.2, 0.25) is 0 Å². The van der Waals surface area contributed by atoms with Crippen molar-refractivity contribution < 1.29 is 27.9 Å². The Kier molecular flexibility index (Phi) is 12.5. The van der Waals surface area contributed by atoms with Gasteiger partial charge >= 0.3 is 0 Å². The van der Waals surface area contributed by atoms with Crippen molar-refractivity contribution >= 4 is 11.8 Å². The summed E-state index contributed by atoms with van der Waals surface area (Å²) in [5.74, 6) is -2.11. The highest BCUT2D eigenvalue weighted by Gasteiger charge is 2.25. The van der Waals surface area contributed by atoms with E-state index in [0.29, 0.717) is 25.2 Å². The molecule has 4 rings (SSSR count). The van der Waals surface area contributed by atoms with Gasteiger partial charge in [-0.1, -0.05) is 26.8 Å². The number of hydrogen-bond acceptors (Lipinski definition) is 7. The lowest BCUT2D eigenvalue weighted by atomic mass is 9.99. The molecule has 9 nitrogen and oxygen atoms in total. The van der Waals surface area contributed by atoms with Crippen molar-refractivity contribution in [3.8, 4) is 11.5 Å². The van der Waals surface area contributed by atoms with Crippen LogP contribution in [0.25, 0.3) is 11.5 Å². The largest absolute Gasteiger partial charge is 0.445 e. The lowest BCUT2D eigenvalue weighted by Crippen LogP contribution is -2.48. The molecule has 46 heavy (non-hydrogen) atoms. The maximum absolute atomic E-state index is 14.1. The second-order valence-electron chi connectivity index (χ2n) is 11.2. The topological polar surface area (TPSA) is 121 Å². The van der Waals surface area contributed by atoms with Crippen LogP contribution in [0.1, 0.15) is 71.3 Å². The van der Waals surface area contributed by atoms with E-state index >= 15 is 0 Å². The van der Waals surface area contributed by atoms with Crippen LogP contribution < -0.4 is 10.6 Å². The lowest BCUT2D eigenvalue weighted by molar-refractivity contribution is 0.0755. The third-order valence-electron chi connectivity index (χ3n) is 7.44. The number of hydrogen-bond donors (Lipinski definition) is 3. The van der Waals surface area contributed by atoms with E-state index in [0.717, 1.165) is 36.7 Å². The molecule has 0 aliphatic rings. The van der Waals surface area contributed by atoms with Crippen molar-refractivity contribution in [2.45, 2.75) is 65.1 Å². The van der Waals surface area contributed by atoms with Crippen LogP contribution in [0.4, 0.5) is 8.78 Å². The normalized spacial score (nSPS) is 12.5. The second-order valence-corrected chi connectivity index (χ2v) is 11.2. The number of benzene rings is 2. The molecule has 0 aliphatic carbocycles. The third kappa shape index (κ3) is 9.51. The molecule has 2 atom stereocenters. The summed E-state index contributed by atoms with van der Waals surface area (Å²) in [6.45, 7) is 7.53. The van der Waals surface area contributed by atoms with Gasteiger partial charge in [0.15, 0.2) is 0 Å². The molecule has 0 radical (unpaired) electrons. The predicted molar refractivity (Wildman–Crippen MR) is 171 cm³/mol. The van der Waals surface area contributed by atoms with Crippen LogP contribution in [0.15, 0.2) is 71.5 Å². The predicted octanol–water partition coefficient (Wildman–Crippen LogP) is 5.33. The Bertz CT molecular complexity index is 1570. The van der Waals surface area contributed by atoms with Crippen molar-refractivity contribution in [3.05, 3.63) is 107 Å². The average molecular weight is 634 g/mol. The zero-order valence-corrected chi connectivity index (χ0v) is 26.4. The maximum atomic E-state index is 14.1. The van der Waals surface area contributed by atoms with E-state index in [1.807, 2.05) is 39.0 Å². The van der Waals surface area contributed by atoms with Gasteiger partial charge in [-0.2, -0.15) is 0 Å². The first-order valence-corrected chi connectivity index (χ1v) is 15.6. The summed E-state index contributed by atoms with van der Waals surface area (Å²) in [5.41, 5.74) is 2.86. The van der Waals surface area contributed by atoms with Crippen LogP contribution in [-0.4, -0.2) is 63.6 Å². The van der Waals surface area contributed by atoms with Gasteiger partial charge in [-0.15, -0.1) is 0 Å². The molecule has 0 unspecified atom stereocenters. The molecule has 0 fully saturated rings. The van der Waals surface area contributed by atoms with Crippen LogP contribution in [0.5, 0.6) is 0 Å². The minimum absolute atomic E-state index is 0.0567. The molecule has 0 bridgehead atoms. The number of amides is 2. The van der Waals surface area contributed by atoms with Crippen molar-refractivity contribution in [2.24, 2.45) is 0 Å². The Balaban J connectivity index is 1.60. The Hall–Kier alpha value is -4.48. The Morgan fingerprint density at radius 2 is 1.65 bits per heavy atom. The number of carbonyl (C=O) groups excluding carboxylic acids is 2. The van der Waals surface area contributed by atoms with Crippen molar-refractivity contribution in [2.75, 3.05) is 19.6 Å². The first kappa shape index (κ1) is 34.4. The summed E-state index contributed by atoms with van der Waals surface area (Å²) in [7, 11) is 0. The fraction of sp³-hybridized carbons (Fsp3) is 0.371. The quantitative estimate of drug-likeness (QED) is 0.153. The highest BCUT2D eigenvalue weighted by atomic mass is 19.1. The Labute approximate surface area is 268 Å². The highest BCUT2D eigenvalue weighted by Crippen LogP contribution is 2.23. The van der Waals surface area contributed by atoms with E-state index in [-0.39, 0.29) is 41.5 Å². The number of aromatic nitrogens is 2. The number of carbonyl (C=O) groups is 2. The zero-order valence-electron chi connectivity index (χ0n) is 26.4. The standard InChI is InChI=1S/C35H41F2N5O4/c1-4-11-42(12-5-2)35(45)26-18-24(17-25(19-26)34-39-10-13-46-34)33(44)41-31(16-23-14-27(36)20-28(37)15-23)32(43)22-38-21-30-9-7-8-29(6-3)40-30/h7-10,13-15,17-20,31-32,38,43H,4-6,11-12,16,21-22H2,1-3H3,(H,41,44)/t31-,32+/m0/s1. The monoisotopic (exact) mass is 633 g/mol. The molecule has 2 aromatic heterocycles. The minimum Gasteiger partial charge on any atom is -0.445 e. The van der Waals surface area contributed by atoms with Gasteiger partial charge in [-0.05, 0) is 73.7 Å². The molecule has 244 valence electrons. The fourth-order valence-corrected chi connectivity index (χ4v) is 5.24. The summed E-state index contributed by atoms with van der Waals surface area (Å²) in [4.78, 5) is 37.8. The van der Waals surface area contributed by atoms with Gasteiger partial charge in [0, 0.05) is 54.6 Å². The molecular weight excluding hydrogens is 592 g/mol. The molecule has 2 amide bonds. The average Bonchev–Trinajstić information content (AvgIpc) is 3.59. The summed E-state index contributed by atoms with van der Waals surface area (Å²) in [6.07, 6.45) is 3.99. The van der Waals surface area contributed by atoms with E-state index in [1.165, 1.54) is 30.7 Å². The van der Waals surface area contributed by atoms with Gasteiger partial charge in [0.1, 0.15) is 17.9 Å². The van der Waals surface area contributed by atoms with E-state index in [4.69, 9.17) is 4.42 Å². The first-order chi connectivity index (χ1) is 22.2. The number of aliphatic hydroxyl groups is 1. The van der Waals surface area contributed by atoms with Crippen LogP contribution in [0, 0.1) is 11.6 Å². The number of oxazole rings is 1. The number of aliphatic hydroxyl groups excluding tert-OH is 1. The smallest absolute Gasteiger partial charge is 0.253 e. The Morgan fingerprint density at radius 3 is 2.30 bits per heavy atom. The van der Waals surface area contributed by atoms with Gasteiger partial charge in [0.25, 0.3) is 11.8 Å². The van der Waals surface area contributed by atoms with Crippen molar-refractivity contribution in [1.82, 2.24) is 25.5 Å². The Morgan fingerprint density at radius 1 is 0.957 bits per heavy atom. The van der Waals surface area contributed by atoms with Gasteiger partial charge in [-0.3, -0.25) is 14.6 Å². The van der Waals surface area contributed by atoms with Gasteiger partial charge in [0.2, 0.25) is 5.89 Å². The molecule has 0 saturated heterocycles. The van der Waals surface area contributed by atoms with Crippen molar-refractivity contribution in [1.29, 1.82) is 0 Å². The lowest BCUT2D eigenvalue weighted by Gasteiger charge is -2.25. The summed E-state index contributed by atoms with van der Waals surface area (Å²) < 4.78 is 33.6. The third-order valence-corrected chi connectivity index (χ3v) is 7.44. The van der Waals surface area contributed by atoms with Crippen LogP contribution in [0.3, 0.4) is 0 Å². The summed E-state index contributed by atoms with van der Waals surface area (Å²) >= 11 is 0. The summed E-state index contributed by atoms with van der Waals surface area (Å²) in [6, 6.07) is 12.6. The first-order valence-electron chi connectivity index (χ1n) is 15.6. The van der Waals surface area contributed by atoms with Gasteiger partial charge in [0.05, 0.1) is 24.0 Å². The van der Waals surface area contributed by atoms with Crippen LogP contribution >= 0.6 is 0 Å². The second kappa shape index (κ2) is 16.7. The number of aryl methyl sites for hydroxylation is 1. The van der Waals surface area contributed by atoms with Crippen LogP contribution in [-0.2, 0) is 19.4 Å². The minimum atomic E-state index is -1.15. The molecule has 0 spiro atoms. The van der Waals surface area contributed by atoms with E-state index in [1.54, 1.807) is 17.0 Å². The number of pyridine rings is 1. The van der Waals surface area contributed by atoms with E-state index < -0.39 is 29.7 Å². The van der Waals surface area contributed by atoms with E-state index in [9.17, 15) is 23.5 Å². The number of halogens is 2. The fourth-order valence-electron chi connectivity index (χ4n) is 5.24. The molecule has 3 N–H and O–H groups in total. The molecule has 11 heteroatoms. The van der Waals surface area contributed by atoms with Crippen molar-refractivity contribution in [3.63, 3.8) is 0 Å². The van der Waals surface area contributed by atoms with Gasteiger partial charge < -0.3 is 25.1 Å². The molecule has 2 heterocycles. The van der Waals surface area contributed by atoms with Gasteiger partial charge in [-0.25, -0.2) is 13.8 Å². The molecule has 0 saturated carbocycles. The van der Waals surface area contributed by atoms with E-state index in [2.05, 4.69) is 20.6 Å². The zero-order chi connectivity index (χ0) is 33.1. The number of nitrogens with zero attached hydrogens (tertiary/aromatic N) is 3. The molecule has 0 aliphatic heterocycles. The molecule has 4 aromatic rings. The number of rotatable bonds is 16. The summed E-state index contributed by atoms with van der Waals surface area (Å²) in [5, 5.41) is 17.3.